The van der Waals surface area contributed by atoms with Gasteiger partial charge < -0.3 is 0 Å². The number of halogens is 3. The minimum absolute atomic E-state index is 0.137. The fourth-order valence-corrected chi connectivity index (χ4v) is 2.97. The monoisotopic (exact) mass is 445 g/mol. The number of primary sulfonamides is 2. The second-order valence-corrected chi connectivity index (χ2v) is 8.47. The standard InChI is InChI=1S/C6H5ClFNO2S.C6H5ClN2O4S/c7-5-3-4(12(9,10)11)1-2-6(5)8;7-5-2-1-4(14(8,12)13)3-6(5)9(10)11/h1-3H,(H2,9,10,11);1-3H,(H2,8,12,13). The Labute approximate surface area is 157 Å². The minimum Gasteiger partial charge on any atom is -0.258 e. The molecule has 0 aromatic heterocycles. The fraction of sp³-hybridized carbons (Fsp3) is 0. The summed E-state index contributed by atoms with van der Waals surface area (Å²) < 4.78 is 55.6. The molecule has 0 radical (unpaired) electrons. The summed E-state index contributed by atoms with van der Waals surface area (Å²) in [6.07, 6.45) is 0. The molecule has 2 rings (SSSR count). The van der Waals surface area contributed by atoms with Crippen LogP contribution in [0.3, 0.4) is 0 Å². The zero-order valence-corrected chi connectivity index (χ0v) is 15.6. The molecule has 0 atom stereocenters. The third kappa shape index (κ3) is 6.16. The molecule has 9 nitrogen and oxygen atoms in total. The highest BCUT2D eigenvalue weighted by atomic mass is 35.5. The van der Waals surface area contributed by atoms with E-state index in [2.05, 4.69) is 0 Å². The van der Waals surface area contributed by atoms with Crippen LogP contribution in [0.25, 0.3) is 0 Å². The van der Waals surface area contributed by atoms with Crippen molar-refractivity contribution in [3.8, 4) is 0 Å². The molecule has 0 aliphatic rings. The number of rotatable bonds is 3. The number of nitrogens with zero attached hydrogens (tertiary/aromatic N) is 1. The molecule has 142 valence electrons. The van der Waals surface area contributed by atoms with Crippen molar-refractivity contribution in [2.24, 2.45) is 10.3 Å². The average Bonchev–Trinajstić information content (AvgIpc) is 2.48. The van der Waals surface area contributed by atoms with Gasteiger partial charge in [-0.15, -0.1) is 0 Å². The smallest absolute Gasteiger partial charge is 0.258 e. The Morgan fingerprint density at radius 3 is 1.77 bits per heavy atom. The molecule has 0 heterocycles. The lowest BCUT2D eigenvalue weighted by Gasteiger charge is -1.98. The summed E-state index contributed by atoms with van der Waals surface area (Å²) in [6, 6.07) is 5.99. The summed E-state index contributed by atoms with van der Waals surface area (Å²) in [6.45, 7) is 0. The van der Waals surface area contributed by atoms with Crippen LogP contribution in [-0.2, 0) is 20.0 Å². The molecule has 0 bridgehead atoms. The van der Waals surface area contributed by atoms with Crippen LogP contribution in [0.4, 0.5) is 10.1 Å². The van der Waals surface area contributed by atoms with E-state index in [0.29, 0.717) is 0 Å². The van der Waals surface area contributed by atoms with Crippen molar-refractivity contribution in [2.45, 2.75) is 9.79 Å². The lowest BCUT2D eigenvalue weighted by molar-refractivity contribution is -0.384. The van der Waals surface area contributed by atoms with E-state index < -0.39 is 36.5 Å². The van der Waals surface area contributed by atoms with Gasteiger partial charge in [0.05, 0.1) is 19.7 Å². The number of hydrogen-bond donors (Lipinski definition) is 2. The van der Waals surface area contributed by atoms with Gasteiger partial charge in [0.25, 0.3) is 5.69 Å². The second kappa shape index (κ2) is 8.24. The van der Waals surface area contributed by atoms with Crippen LogP contribution in [0.5, 0.6) is 0 Å². The SMILES string of the molecule is NS(=O)(=O)c1ccc(Cl)c([N+](=O)[O-])c1.NS(=O)(=O)c1ccc(F)c(Cl)c1. The van der Waals surface area contributed by atoms with Crippen molar-refractivity contribution < 1.29 is 26.1 Å². The van der Waals surface area contributed by atoms with E-state index in [1.807, 2.05) is 0 Å². The van der Waals surface area contributed by atoms with E-state index >= 15 is 0 Å². The number of hydrogen-bond acceptors (Lipinski definition) is 6. The van der Waals surface area contributed by atoms with Crippen LogP contribution in [-0.4, -0.2) is 21.8 Å². The normalized spacial score (nSPS) is 11.4. The Morgan fingerprint density at radius 2 is 1.35 bits per heavy atom. The van der Waals surface area contributed by atoms with Gasteiger partial charge >= 0.3 is 0 Å². The molecule has 2 aromatic rings. The number of nitro groups is 1. The zero-order chi connectivity index (χ0) is 20.3. The summed E-state index contributed by atoms with van der Waals surface area (Å²) in [5.41, 5.74) is -0.488. The van der Waals surface area contributed by atoms with Gasteiger partial charge in [0.2, 0.25) is 20.0 Å². The van der Waals surface area contributed by atoms with Crippen molar-refractivity contribution in [3.63, 3.8) is 0 Å². The van der Waals surface area contributed by atoms with Crippen LogP contribution in [0.15, 0.2) is 46.2 Å². The number of nitro benzene ring substituents is 1. The lowest BCUT2D eigenvalue weighted by atomic mass is 10.3. The fourth-order valence-electron chi connectivity index (χ4n) is 1.46. The van der Waals surface area contributed by atoms with Crippen molar-refractivity contribution in [3.05, 3.63) is 62.4 Å². The highest BCUT2D eigenvalue weighted by molar-refractivity contribution is 7.89. The molecule has 0 saturated heterocycles. The van der Waals surface area contributed by atoms with Gasteiger partial charge in [-0.2, -0.15) is 0 Å². The zero-order valence-electron chi connectivity index (χ0n) is 12.5. The topological polar surface area (TPSA) is 163 Å². The Kier molecular flexibility index (Phi) is 7.04. The van der Waals surface area contributed by atoms with Crippen molar-refractivity contribution in [2.75, 3.05) is 0 Å². The lowest BCUT2D eigenvalue weighted by Crippen LogP contribution is -2.12. The molecule has 0 aliphatic carbocycles. The van der Waals surface area contributed by atoms with E-state index in [9.17, 15) is 31.3 Å². The molecular formula is C12H10Cl2FN3O6S2. The first-order valence-electron chi connectivity index (χ1n) is 6.18. The Bertz CT molecular complexity index is 1060. The molecule has 0 unspecified atom stereocenters. The second-order valence-electron chi connectivity index (χ2n) is 4.54. The molecule has 26 heavy (non-hydrogen) atoms. The average molecular weight is 446 g/mol. The minimum atomic E-state index is -3.94. The molecule has 0 aliphatic heterocycles. The maximum absolute atomic E-state index is 12.5. The van der Waals surface area contributed by atoms with Gasteiger partial charge in [0.15, 0.2) is 0 Å². The Hall–Kier alpha value is -1.83. The molecule has 2 aromatic carbocycles. The highest BCUT2D eigenvalue weighted by Gasteiger charge is 2.17. The van der Waals surface area contributed by atoms with Crippen LogP contribution in [0.2, 0.25) is 10.0 Å². The van der Waals surface area contributed by atoms with Crippen LogP contribution >= 0.6 is 23.2 Å². The summed E-state index contributed by atoms with van der Waals surface area (Å²) in [7, 11) is -7.73. The number of benzene rings is 2. The quantitative estimate of drug-likeness (QED) is 0.541. The maximum atomic E-state index is 12.5. The largest absolute Gasteiger partial charge is 0.289 e. The molecule has 4 N–H and O–H groups in total. The predicted octanol–water partition coefficient (Wildman–Crippen LogP) is 2.02. The van der Waals surface area contributed by atoms with Gasteiger partial charge in [0, 0.05) is 6.07 Å². The van der Waals surface area contributed by atoms with Gasteiger partial charge in [-0.1, -0.05) is 23.2 Å². The van der Waals surface area contributed by atoms with Gasteiger partial charge in [-0.3, -0.25) is 10.1 Å². The molecule has 0 spiro atoms. The molecule has 0 amide bonds. The van der Waals surface area contributed by atoms with E-state index in [0.717, 1.165) is 36.4 Å². The maximum Gasteiger partial charge on any atom is 0.289 e. The van der Waals surface area contributed by atoms with E-state index in [1.54, 1.807) is 0 Å². The predicted molar refractivity (Wildman–Crippen MR) is 92.3 cm³/mol. The Balaban J connectivity index is 0.000000263. The molecule has 14 heteroatoms. The molecule has 0 saturated carbocycles. The van der Waals surface area contributed by atoms with Crippen LogP contribution in [0.1, 0.15) is 0 Å². The van der Waals surface area contributed by atoms with E-state index in [1.165, 1.54) is 0 Å². The third-order valence-electron chi connectivity index (χ3n) is 2.66. The van der Waals surface area contributed by atoms with Crippen molar-refractivity contribution in [1.82, 2.24) is 0 Å². The number of nitrogens with two attached hydrogens (primary N) is 2. The third-order valence-corrected chi connectivity index (χ3v) is 5.09. The first kappa shape index (κ1) is 22.2. The summed E-state index contributed by atoms with van der Waals surface area (Å²) >= 11 is 10.8. The van der Waals surface area contributed by atoms with Gasteiger partial charge in [-0.25, -0.2) is 31.5 Å². The first-order chi connectivity index (χ1) is 11.7. The summed E-state index contributed by atoms with van der Waals surface area (Å²) in [4.78, 5) is 9.07. The molecular weight excluding hydrogens is 436 g/mol. The molecule has 0 fully saturated rings. The first-order valence-corrected chi connectivity index (χ1v) is 10.0. The highest BCUT2D eigenvalue weighted by Crippen LogP contribution is 2.26. The van der Waals surface area contributed by atoms with Gasteiger partial charge in [-0.05, 0) is 30.3 Å². The van der Waals surface area contributed by atoms with Crippen molar-refractivity contribution in [1.29, 1.82) is 0 Å². The van der Waals surface area contributed by atoms with E-state index in [4.69, 9.17) is 33.5 Å². The number of sulfonamides is 2. The van der Waals surface area contributed by atoms with Gasteiger partial charge in [0.1, 0.15) is 10.8 Å². The van der Waals surface area contributed by atoms with Crippen LogP contribution < -0.4 is 10.3 Å². The summed E-state index contributed by atoms with van der Waals surface area (Å²) in [5, 5.41) is 19.5. The van der Waals surface area contributed by atoms with Crippen molar-refractivity contribution >= 4 is 48.9 Å². The summed E-state index contributed by atoms with van der Waals surface area (Å²) in [5.74, 6) is -0.677. The van der Waals surface area contributed by atoms with E-state index in [-0.39, 0.29) is 19.8 Å². The Morgan fingerprint density at radius 1 is 0.885 bits per heavy atom. The van der Waals surface area contributed by atoms with Crippen LogP contribution in [0, 0.1) is 15.9 Å².